The number of carbonyl (C=O) groups is 1. The average molecular weight is 234 g/mol. The van der Waals surface area contributed by atoms with E-state index in [4.69, 9.17) is 5.73 Å². The molecule has 1 amide bonds. The Kier molecular flexibility index (Phi) is 4.68. The van der Waals surface area contributed by atoms with Gasteiger partial charge in [-0.25, -0.2) is 4.39 Å². The van der Waals surface area contributed by atoms with Gasteiger partial charge < -0.3 is 11.1 Å². The largest absolute Gasteiger partial charge is 0.350 e. The van der Waals surface area contributed by atoms with Gasteiger partial charge in [-0.1, -0.05) is 11.8 Å². The van der Waals surface area contributed by atoms with Crippen molar-refractivity contribution in [2.45, 2.75) is 19.9 Å². The SMILES string of the molecule is CC(C)NC(=O)c1ccc(F)cc1C#CCN. The Morgan fingerprint density at radius 3 is 2.82 bits per heavy atom. The molecule has 0 spiro atoms. The summed E-state index contributed by atoms with van der Waals surface area (Å²) in [6, 6.07) is 3.91. The third-order valence-electron chi connectivity index (χ3n) is 1.97. The van der Waals surface area contributed by atoms with Gasteiger partial charge in [0.15, 0.2) is 0 Å². The lowest BCUT2D eigenvalue weighted by molar-refractivity contribution is 0.0943. The lowest BCUT2D eigenvalue weighted by atomic mass is 10.1. The second-order valence-corrected chi connectivity index (χ2v) is 3.82. The lowest BCUT2D eigenvalue weighted by Gasteiger charge is -2.09. The van der Waals surface area contributed by atoms with Crippen molar-refractivity contribution >= 4 is 5.91 Å². The molecule has 4 heteroatoms. The molecule has 0 aromatic heterocycles. The van der Waals surface area contributed by atoms with Crippen LogP contribution in [0.4, 0.5) is 4.39 Å². The van der Waals surface area contributed by atoms with Crippen molar-refractivity contribution in [3.8, 4) is 11.8 Å². The molecular weight excluding hydrogens is 219 g/mol. The molecule has 3 N–H and O–H groups in total. The number of nitrogens with two attached hydrogens (primary N) is 1. The van der Waals surface area contributed by atoms with Crippen molar-refractivity contribution in [3.63, 3.8) is 0 Å². The highest BCUT2D eigenvalue weighted by Crippen LogP contribution is 2.10. The van der Waals surface area contributed by atoms with E-state index in [1.807, 2.05) is 13.8 Å². The van der Waals surface area contributed by atoms with E-state index < -0.39 is 5.82 Å². The zero-order valence-electron chi connectivity index (χ0n) is 9.88. The van der Waals surface area contributed by atoms with E-state index in [0.717, 1.165) is 0 Å². The quantitative estimate of drug-likeness (QED) is 0.757. The summed E-state index contributed by atoms with van der Waals surface area (Å²) in [4.78, 5) is 11.8. The highest BCUT2D eigenvalue weighted by atomic mass is 19.1. The van der Waals surface area contributed by atoms with E-state index in [1.165, 1.54) is 18.2 Å². The van der Waals surface area contributed by atoms with Gasteiger partial charge in [0.1, 0.15) is 5.82 Å². The molecular formula is C13H15FN2O. The Hall–Kier alpha value is -1.86. The van der Waals surface area contributed by atoms with Crippen LogP contribution in [0.2, 0.25) is 0 Å². The van der Waals surface area contributed by atoms with Crippen LogP contribution in [0.3, 0.4) is 0 Å². The number of nitrogens with one attached hydrogen (secondary N) is 1. The first kappa shape index (κ1) is 13.2. The van der Waals surface area contributed by atoms with Gasteiger partial charge in [0.25, 0.3) is 5.91 Å². The average Bonchev–Trinajstić information content (AvgIpc) is 2.25. The predicted octanol–water partition coefficient (Wildman–Crippen LogP) is 1.27. The highest BCUT2D eigenvalue weighted by molar-refractivity contribution is 5.96. The predicted molar refractivity (Wildman–Crippen MR) is 64.9 cm³/mol. The fourth-order valence-corrected chi connectivity index (χ4v) is 1.30. The van der Waals surface area contributed by atoms with Gasteiger partial charge in [-0.15, -0.1) is 0 Å². The molecule has 0 radical (unpaired) electrons. The van der Waals surface area contributed by atoms with Crippen LogP contribution < -0.4 is 11.1 Å². The monoisotopic (exact) mass is 234 g/mol. The number of carbonyl (C=O) groups excluding carboxylic acids is 1. The Bertz CT molecular complexity index is 472. The molecule has 1 aromatic carbocycles. The van der Waals surface area contributed by atoms with E-state index >= 15 is 0 Å². The number of hydrogen-bond acceptors (Lipinski definition) is 2. The van der Waals surface area contributed by atoms with Crippen molar-refractivity contribution in [1.82, 2.24) is 5.32 Å². The normalized spacial score (nSPS) is 9.71. The molecule has 0 atom stereocenters. The van der Waals surface area contributed by atoms with Crippen molar-refractivity contribution in [1.29, 1.82) is 0 Å². The molecule has 0 aliphatic rings. The van der Waals surface area contributed by atoms with Crippen molar-refractivity contribution in [3.05, 3.63) is 35.1 Å². The van der Waals surface area contributed by atoms with Crippen LogP contribution in [0, 0.1) is 17.7 Å². The summed E-state index contributed by atoms with van der Waals surface area (Å²) in [5.74, 6) is 4.62. The summed E-state index contributed by atoms with van der Waals surface area (Å²) in [6.45, 7) is 3.88. The van der Waals surface area contributed by atoms with Crippen molar-refractivity contribution in [2.24, 2.45) is 5.73 Å². The minimum atomic E-state index is -0.424. The Morgan fingerprint density at radius 2 is 2.24 bits per heavy atom. The maximum Gasteiger partial charge on any atom is 0.252 e. The third-order valence-corrected chi connectivity index (χ3v) is 1.97. The number of hydrogen-bond donors (Lipinski definition) is 2. The molecule has 0 aliphatic carbocycles. The highest BCUT2D eigenvalue weighted by Gasteiger charge is 2.11. The smallest absolute Gasteiger partial charge is 0.252 e. The topological polar surface area (TPSA) is 55.1 Å². The molecule has 0 heterocycles. The van der Waals surface area contributed by atoms with Gasteiger partial charge in [0, 0.05) is 11.6 Å². The van der Waals surface area contributed by atoms with Gasteiger partial charge in [-0.3, -0.25) is 4.79 Å². The summed E-state index contributed by atoms with van der Waals surface area (Å²) >= 11 is 0. The number of amides is 1. The summed E-state index contributed by atoms with van der Waals surface area (Å²) in [5, 5.41) is 2.73. The minimum absolute atomic E-state index is 0.0165. The van der Waals surface area contributed by atoms with Gasteiger partial charge in [-0.05, 0) is 32.0 Å². The van der Waals surface area contributed by atoms with Crippen LogP contribution in [0.25, 0.3) is 0 Å². The van der Waals surface area contributed by atoms with Crippen molar-refractivity contribution in [2.75, 3.05) is 6.54 Å². The zero-order valence-corrected chi connectivity index (χ0v) is 9.88. The van der Waals surface area contributed by atoms with Gasteiger partial charge >= 0.3 is 0 Å². The van der Waals surface area contributed by atoms with E-state index in [2.05, 4.69) is 17.2 Å². The van der Waals surface area contributed by atoms with Crippen LogP contribution in [-0.2, 0) is 0 Å². The van der Waals surface area contributed by atoms with Gasteiger partial charge in [0.05, 0.1) is 12.1 Å². The van der Waals surface area contributed by atoms with E-state index in [9.17, 15) is 9.18 Å². The molecule has 90 valence electrons. The molecule has 0 unspecified atom stereocenters. The first-order valence-electron chi connectivity index (χ1n) is 5.34. The molecule has 3 nitrogen and oxygen atoms in total. The number of halogens is 1. The van der Waals surface area contributed by atoms with Crippen molar-refractivity contribution < 1.29 is 9.18 Å². The first-order chi connectivity index (χ1) is 8.04. The molecule has 1 aromatic rings. The molecule has 0 saturated carbocycles. The van der Waals surface area contributed by atoms with Crippen LogP contribution in [0.5, 0.6) is 0 Å². The fourth-order valence-electron chi connectivity index (χ4n) is 1.30. The summed E-state index contributed by atoms with van der Waals surface area (Å²) in [7, 11) is 0. The Morgan fingerprint density at radius 1 is 1.53 bits per heavy atom. The number of benzene rings is 1. The molecule has 0 fully saturated rings. The standard InChI is InChI=1S/C13H15FN2O/c1-9(2)16-13(17)12-6-5-11(14)8-10(12)4-3-7-15/h5-6,8-9H,7,15H2,1-2H3,(H,16,17). The Balaban J connectivity index is 3.09. The molecule has 17 heavy (non-hydrogen) atoms. The molecule has 1 rings (SSSR count). The van der Waals surface area contributed by atoms with E-state index in [1.54, 1.807) is 0 Å². The van der Waals surface area contributed by atoms with Gasteiger partial charge in [-0.2, -0.15) is 0 Å². The Labute approximate surface area is 100 Å². The van der Waals surface area contributed by atoms with Crippen LogP contribution in [-0.4, -0.2) is 18.5 Å². The second kappa shape index (κ2) is 6.02. The maximum atomic E-state index is 13.1. The second-order valence-electron chi connectivity index (χ2n) is 3.82. The minimum Gasteiger partial charge on any atom is -0.350 e. The van der Waals surface area contributed by atoms with Crippen LogP contribution in [0.1, 0.15) is 29.8 Å². The third kappa shape index (κ3) is 3.89. The fraction of sp³-hybridized carbons (Fsp3) is 0.308. The lowest BCUT2D eigenvalue weighted by Crippen LogP contribution is -2.30. The van der Waals surface area contributed by atoms with Gasteiger partial charge in [0.2, 0.25) is 0 Å². The van der Waals surface area contributed by atoms with Crippen LogP contribution in [0.15, 0.2) is 18.2 Å². The van der Waals surface area contributed by atoms with Crippen LogP contribution >= 0.6 is 0 Å². The first-order valence-corrected chi connectivity index (χ1v) is 5.34. The maximum absolute atomic E-state index is 13.1. The molecule has 0 aliphatic heterocycles. The summed E-state index contributed by atoms with van der Waals surface area (Å²) < 4.78 is 13.1. The molecule has 0 saturated heterocycles. The van der Waals surface area contributed by atoms with E-state index in [0.29, 0.717) is 11.1 Å². The number of rotatable bonds is 2. The summed E-state index contributed by atoms with van der Waals surface area (Å²) in [6.07, 6.45) is 0. The zero-order chi connectivity index (χ0) is 12.8. The molecule has 0 bridgehead atoms. The summed E-state index contributed by atoms with van der Waals surface area (Å²) in [5.41, 5.74) is 5.97. The van der Waals surface area contributed by atoms with E-state index in [-0.39, 0.29) is 18.5 Å².